The number of methoxy groups -OCH3 is 1. The molecule has 1 fully saturated rings. The zero-order chi connectivity index (χ0) is 15.2. The monoisotopic (exact) mass is 307 g/mol. The molecular weight excluding hydrogens is 278 g/mol. The number of piperidine rings is 1. The summed E-state index contributed by atoms with van der Waals surface area (Å²) in [7, 11) is 0.0543. The molecule has 0 bridgehead atoms. The van der Waals surface area contributed by atoms with E-state index in [-0.39, 0.29) is 6.04 Å². The van der Waals surface area contributed by atoms with E-state index in [2.05, 4.69) is 5.32 Å². The molecule has 0 saturated carbocycles. The Hall–Kier alpha value is -0.210. The van der Waals surface area contributed by atoms with Gasteiger partial charge in [-0.1, -0.05) is 0 Å². The van der Waals surface area contributed by atoms with Gasteiger partial charge in [-0.05, 0) is 39.2 Å². The molecule has 7 heteroatoms. The lowest BCUT2D eigenvalue weighted by atomic mass is 9.98. The summed E-state index contributed by atoms with van der Waals surface area (Å²) in [5.41, 5.74) is 0. The van der Waals surface area contributed by atoms with Crippen molar-refractivity contribution in [2.45, 2.75) is 32.7 Å². The Kier molecular flexibility index (Phi) is 7.39. The number of hydrogen-bond acceptors (Lipinski definition) is 4. The van der Waals surface area contributed by atoms with Crippen LogP contribution in [0.1, 0.15) is 26.7 Å². The van der Waals surface area contributed by atoms with Gasteiger partial charge in [0.1, 0.15) is 0 Å². The number of nitrogens with zero attached hydrogens (tertiary/aromatic N) is 2. The average Bonchev–Trinajstić information content (AvgIpc) is 2.43. The topological polar surface area (TPSA) is 61.9 Å². The van der Waals surface area contributed by atoms with Crippen molar-refractivity contribution in [3.05, 3.63) is 0 Å². The molecule has 1 N–H and O–H groups in total. The highest BCUT2D eigenvalue weighted by Gasteiger charge is 2.31. The summed E-state index contributed by atoms with van der Waals surface area (Å²) in [6.45, 7) is 7.54. The van der Waals surface area contributed by atoms with Crippen LogP contribution in [-0.2, 0) is 14.9 Å². The third-order valence-electron chi connectivity index (χ3n) is 3.91. The molecule has 1 rings (SSSR count). The van der Waals surface area contributed by atoms with E-state index in [1.165, 1.54) is 4.31 Å². The second-order valence-electron chi connectivity index (χ2n) is 5.66. The first-order valence-electron chi connectivity index (χ1n) is 7.32. The molecule has 0 aromatic heterocycles. The van der Waals surface area contributed by atoms with Crippen LogP contribution in [0.25, 0.3) is 0 Å². The van der Waals surface area contributed by atoms with Crippen molar-refractivity contribution < 1.29 is 13.2 Å². The molecule has 20 heavy (non-hydrogen) atoms. The molecule has 0 unspecified atom stereocenters. The molecule has 0 radical (unpaired) electrons. The highest BCUT2D eigenvalue weighted by Crippen LogP contribution is 2.21. The number of nitrogens with one attached hydrogen (secondary N) is 1. The summed E-state index contributed by atoms with van der Waals surface area (Å²) in [6, 6.07) is -0.00608. The first-order valence-corrected chi connectivity index (χ1v) is 8.72. The van der Waals surface area contributed by atoms with E-state index < -0.39 is 10.2 Å². The van der Waals surface area contributed by atoms with Crippen molar-refractivity contribution in [1.29, 1.82) is 0 Å². The lowest BCUT2D eigenvalue weighted by Crippen LogP contribution is -2.48. The van der Waals surface area contributed by atoms with E-state index in [0.717, 1.165) is 25.9 Å². The number of ether oxygens (including phenoxy) is 1. The Morgan fingerprint density at radius 2 is 1.95 bits per heavy atom. The van der Waals surface area contributed by atoms with Crippen molar-refractivity contribution in [2.24, 2.45) is 5.92 Å². The fourth-order valence-electron chi connectivity index (χ4n) is 2.27. The molecule has 0 atom stereocenters. The predicted octanol–water partition coefficient (Wildman–Crippen LogP) is 0.519. The fourth-order valence-corrected chi connectivity index (χ4v) is 3.84. The van der Waals surface area contributed by atoms with E-state index in [9.17, 15) is 8.42 Å². The van der Waals surface area contributed by atoms with Gasteiger partial charge in [-0.25, -0.2) is 0 Å². The second kappa shape index (κ2) is 8.29. The molecular formula is C13H29N3O3S. The largest absolute Gasteiger partial charge is 0.383 e. The Morgan fingerprint density at radius 1 is 1.35 bits per heavy atom. The van der Waals surface area contributed by atoms with Crippen LogP contribution in [0, 0.1) is 5.92 Å². The van der Waals surface area contributed by atoms with E-state index in [1.807, 2.05) is 13.8 Å². The lowest BCUT2D eigenvalue weighted by molar-refractivity contribution is 0.193. The van der Waals surface area contributed by atoms with E-state index in [4.69, 9.17) is 4.74 Å². The van der Waals surface area contributed by atoms with Crippen molar-refractivity contribution in [2.75, 3.05) is 46.9 Å². The Morgan fingerprint density at radius 3 is 2.45 bits per heavy atom. The van der Waals surface area contributed by atoms with Crippen LogP contribution in [0.2, 0.25) is 0 Å². The summed E-state index contributed by atoms with van der Waals surface area (Å²) < 4.78 is 32.7. The first kappa shape index (κ1) is 17.8. The maximum absolute atomic E-state index is 12.4. The highest BCUT2D eigenvalue weighted by molar-refractivity contribution is 7.86. The zero-order valence-electron chi connectivity index (χ0n) is 13.1. The zero-order valence-corrected chi connectivity index (χ0v) is 13.9. The average molecular weight is 307 g/mol. The van der Waals surface area contributed by atoms with Gasteiger partial charge in [0.15, 0.2) is 0 Å². The van der Waals surface area contributed by atoms with Gasteiger partial charge >= 0.3 is 0 Å². The minimum Gasteiger partial charge on any atom is -0.383 e. The van der Waals surface area contributed by atoms with Crippen LogP contribution in [0.3, 0.4) is 0 Å². The van der Waals surface area contributed by atoms with Crippen LogP contribution in [0.5, 0.6) is 0 Å². The Bertz CT molecular complexity index is 365. The van der Waals surface area contributed by atoms with Crippen LogP contribution in [-0.4, -0.2) is 70.0 Å². The van der Waals surface area contributed by atoms with Crippen LogP contribution >= 0.6 is 0 Å². The fraction of sp³-hybridized carbons (Fsp3) is 1.00. The molecule has 0 aromatic carbocycles. The molecule has 0 aromatic rings. The van der Waals surface area contributed by atoms with Crippen molar-refractivity contribution in [3.63, 3.8) is 0 Å². The molecule has 0 spiro atoms. The number of rotatable bonds is 8. The van der Waals surface area contributed by atoms with E-state index in [1.54, 1.807) is 18.5 Å². The maximum atomic E-state index is 12.4. The molecule has 0 aliphatic carbocycles. The minimum atomic E-state index is -3.29. The smallest absolute Gasteiger partial charge is 0.281 e. The highest BCUT2D eigenvalue weighted by atomic mass is 32.2. The van der Waals surface area contributed by atoms with Crippen LogP contribution in [0.15, 0.2) is 0 Å². The van der Waals surface area contributed by atoms with Gasteiger partial charge in [-0.2, -0.15) is 17.0 Å². The maximum Gasteiger partial charge on any atom is 0.281 e. The summed E-state index contributed by atoms with van der Waals surface area (Å²) in [6.07, 6.45) is 1.84. The third kappa shape index (κ3) is 4.96. The standard InChI is InChI=1S/C13H29N3O3S/c1-12(2)15(3)20(17,18)16-8-5-13(6-9-16)11-14-7-10-19-4/h12-14H,5-11H2,1-4H3. The summed E-state index contributed by atoms with van der Waals surface area (Å²) in [4.78, 5) is 0. The summed E-state index contributed by atoms with van der Waals surface area (Å²) in [5, 5.41) is 3.35. The van der Waals surface area contributed by atoms with Crippen molar-refractivity contribution in [3.8, 4) is 0 Å². The molecule has 0 amide bonds. The van der Waals surface area contributed by atoms with Gasteiger partial charge < -0.3 is 10.1 Å². The van der Waals surface area contributed by atoms with Crippen LogP contribution in [0.4, 0.5) is 0 Å². The molecule has 1 aliphatic rings. The first-order chi connectivity index (χ1) is 9.39. The van der Waals surface area contributed by atoms with Crippen LogP contribution < -0.4 is 5.32 Å². The normalized spacial score (nSPS) is 19.1. The van der Waals surface area contributed by atoms with Gasteiger partial charge in [0, 0.05) is 39.8 Å². The Labute approximate surface area is 123 Å². The molecule has 1 saturated heterocycles. The quantitative estimate of drug-likeness (QED) is 0.664. The summed E-state index contributed by atoms with van der Waals surface area (Å²) >= 11 is 0. The molecule has 120 valence electrons. The number of hydrogen-bond donors (Lipinski definition) is 1. The molecule has 1 aliphatic heterocycles. The van der Waals surface area contributed by atoms with Gasteiger partial charge in [0.25, 0.3) is 10.2 Å². The molecule has 1 heterocycles. The van der Waals surface area contributed by atoms with Gasteiger partial charge in [-0.3, -0.25) is 0 Å². The van der Waals surface area contributed by atoms with Gasteiger partial charge in [0.05, 0.1) is 6.61 Å². The minimum absolute atomic E-state index is 0.00608. The van der Waals surface area contributed by atoms with E-state index >= 15 is 0 Å². The van der Waals surface area contributed by atoms with Crippen molar-refractivity contribution in [1.82, 2.24) is 13.9 Å². The van der Waals surface area contributed by atoms with Gasteiger partial charge in [0.2, 0.25) is 0 Å². The lowest BCUT2D eigenvalue weighted by Gasteiger charge is -2.35. The Balaban J connectivity index is 2.38. The predicted molar refractivity (Wildman–Crippen MR) is 80.9 cm³/mol. The van der Waals surface area contributed by atoms with Crippen molar-refractivity contribution >= 4 is 10.2 Å². The SMILES string of the molecule is COCCNCC1CCN(S(=O)(=O)N(C)C(C)C)CC1. The second-order valence-corrected chi connectivity index (χ2v) is 7.65. The van der Waals surface area contributed by atoms with Gasteiger partial charge in [-0.15, -0.1) is 0 Å². The molecule has 6 nitrogen and oxygen atoms in total. The third-order valence-corrected chi connectivity index (χ3v) is 6.07. The summed E-state index contributed by atoms with van der Waals surface area (Å²) in [5.74, 6) is 0.558. The van der Waals surface area contributed by atoms with E-state index in [0.29, 0.717) is 25.6 Å².